The Morgan fingerprint density at radius 1 is 1.19 bits per heavy atom. The monoisotopic (exact) mass is 367 g/mol. The second kappa shape index (κ2) is 7.95. The number of aryl methyl sites for hydroxylation is 1. The highest BCUT2D eigenvalue weighted by molar-refractivity contribution is 5.95. The summed E-state index contributed by atoms with van der Waals surface area (Å²) in [5, 5.41) is 12.9. The number of phenolic OH excluding ortho intramolecular Hbond substituents is 1. The summed E-state index contributed by atoms with van der Waals surface area (Å²) in [4.78, 5) is 24.4. The summed E-state index contributed by atoms with van der Waals surface area (Å²) in [6.07, 6.45) is 1.42. The molecule has 3 rings (SSSR count). The molecule has 0 aliphatic rings. The molecule has 6 heteroatoms. The van der Waals surface area contributed by atoms with Crippen molar-refractivity contribution in [3.63, 3.8) is 0 Å². The molecule has 27 heavy (non-hydrogen) atoms. The molecule has 0 saturated carbocycles. The van der Waals surface area contributed by atoms with Crippen molar-refractivity contribution in [2.45, 2.75) is 32.8 Å². The van der Waals surface area contributed by atoms with E-state index in [9.17, 15) is 14.7 Å². The molecule has 0 aliphatic heterocycles. The second-order valence-corrected chi connectivity index (χ2v) is 6.29. The van der Waals surface area contributed by atoms with Crippen LogP contribution in [0.1, 0.15) is 25.0 Å². The number of benzene rings is 2. The summed E-state index contributed by atoms with van der Waals surface area (Å²) in [7, 11) is 0. The third kappa shape index (κ3) is 4.47. The molecule has 2 N–H and O–H groups in total. The standard InChI is InChI=1S/C21H21NO5/c1-3-14-4-6-16(7-5-14)22-21(25)13(2)27-20(24)10-15-12-26-19-11-17(23)8-9-18(15)19/h4-9,11-13,23H,3,10H2,1-2H3,(H,22,25)/t13-/m0/s1. The number of esters is 1. The predicted molar refractivity (Wildman–Crippen MR) is 102 cm³/mol. The first-order valence-electron chi connectivity index (χ1n) is 8.74. The Hall–Kier alpha value is -3.28. The van der Waals surface area contributed by atoms with Crippen LogP contribution in [0.3, 0.4) is 0 Å². The van der Waals surface area contributed by atoms with Crippen LogP contribution in [0.15, 0.2) is 53.1 Å². The fraction of sp³-hybridized carbons (Fsp3) is 0.238. The molecule has 1 atom stereocenters. The predicted octanol–water partition coefficient (Wildman–Crippen LogP) is 3.81. The molecular weight excluding hydrogens is 346 g/mol. The summed E-state index contributed by atoms with van der Waals surface area (Å²) >= 11 is 0. The first kappa shape index (κ1) is 18.5. The third-order valence-electron chi connectivity index (χ3n) is 4.28. The SMILES string of the molecule is CCc1ccc(NC(=O)[C@H](C)OC(=O)Cc2coc3cc(O)ccc23)cc1. The van der Waals surface area contributed by atoms with E-state index in [0.717, 1.165) is 11.8 Å². The van der Waals surface area contributed by atoms with Crippen molar-refractivity contribution in [3.8, 4) is 5.75 Å². The van der Waals surface area contributed by atoms with E-state index in [1.807, 2.05) is 24.3 Å². The van der Waals surface area contributed by atoms with Gasteiger partial charge in [0, 0.05) is 22.7 Å². The number of anilines is 1. The molecule has 140 valence electrons. The van der Waals surface area contributed by atoms with Gasteiger partial charge in [-0.1, -0.05) is 19.1 Å². The fourth-order valence-electron chi connectivity index (χ4n) is 2.72. The maximum Gasteiger partial charge on any atom is 0.311 e. The number of nitrogens with one attached hydrogen (secondary N) is 1. The first-order chi connectivity index (χ1) is 13.0. The number of hydrogen-bond acceptors (Lipinski definition) is 5. The zero-order chi connectivity index (χ0) is 19.4. The van der Waals surface area contributed by atoms with Gasteiger partial charge >= 0.3 is 5.97 Å². The molecule has 1 amide bonds. The van der Waals surface area contributed by atoms with Gasteiger partial charge in [0.15, 0.2) is 6.10 Å². The van der Waals surface area contributed by atoms with Gasteiger partial charge in [-0.2, -0.15) is 0 Å². The van der Waals surface area contributed by atoms with E-state index in [1.165, 1.54) is 30.9 Å². The Bertz CT molecular complexity index is 958. The molecule has 0 aliphatic carbocycles. The summed E-state index contributed by atoms with van der Waals surface area (Å²) in [6.45, 7) is 3.58. The second-order valence-electron chi connectivity index (χ2n) is 6.29. The van der Waals surface area contributed by atoms with Gasteiger partial charge in [-0.15, -0.1) is 0 Å². The van der Waals surface area contributed by atoms with Crippen molar-refractivity contribution in [1.29, 1.82) is 0 Å². The highest BCUT2D eigenvalue weighted by Gasteiger charge is 2.19. The number of fused-ring (bicyclic) bond motifs is 1. The third-order valence-corrected chi connectivity index (χ3v) is 4.28. The Morgan fingerprint density at radius 3 is 2.63 bits per heavy atom. The van der Waals surface area contributed by atoms with Gasteiger partial charge in [-0.25, -0.2) is 0 Å². The smallest absolute Gasteiger partial charge is 0.311 e. The van der Waals surface area contributed by atoms with E-state index in [1.54, 1.807) is 6.07 Å². The van der Waals surface area contributed by atoms with Gasteiger partial charge < -0.3 is 19.6 Å². The Morgan fingerprint density at radius 2 is 1.93 bits per heavy atom. The number of furan rings is 1. The minimum absolute atomic E-state index is 0.0272. The van der Waals surface area contributed by atoms with Gasteiger partial charge in [0.25, 0.3) is 5.91 Å². The lowest BCUT2D eigenvalue weighted by atomic mass is 10.1. The van der Waals surface area contributed by atoms with Crippen LogP contribution < -0.4 is 5.32 Å². The molecule has 1 heterocycles. The number of hydrogen-bond donors (Lipinski definition) is 2. The number of rotatable bonds is 6. The van der Waals surface area contributed by atoms with Crippen LogP contribution >= 0.6 is 0 Å². The molecule has 6 nitrogen and oxygen atoms in total. The van der Waals surface area contributed by atoms with Crippen molar-refractivity contribution in [2.24, 2.45) is 0 Å². The van der Waals surface area contributed by atoms with Crippen LogP contribution in [0, 0.1) is 0 Å². The lowest BCUT2D eigenvalue weighted by Gasteiger charge is -2.13. The molecule has 0 fully saturated rings. The molecular formula is C21H21NO5. The number of carbonyl (C=O) groups is 2. The van der Waals surface area contributed by atoms with Crippen LogP contribution in [-0.4, -0.2) is 23.1 Å². The number of phenols is 1. The van der Waals surface area contributed by atoms with Crippen molar-refractivity contribution in [3.05, 3.63) is 59.9 Å². The molecule has 3 aromatic rings. The van der Waals surface area contributed by atoms with Gasteiger partial charge in [-0.3, -0.25) is 9.59 Å². The number of amides is 1. The minimum atomic E-state index is -0.925. The van der Waals surface area contributed by atoms with E-state index >= 15 is 0 Å². The normalized spacial score (nSPS) is 11.9. The highest BCUT2D eigenvalue weighted by Crippen LogP contribution is 2.25. The van der Waals surface area contributed by atoms with E-state index in [2.05, 4.69) is 12.2 Å². The average Bonchev–Trinajstić information content (AvgIpc) is 3.03. The Balaban J connectivity index is 1.58. The molecule has 2 aromatic carbocycles. The zero-order valence-electron chi connectivity index (χ0n) is 15.2. The van der Waals surface area contributed by atoms with Crippen molar-refractivity contribution >= 4 is 28.5 Å². The van der Waals surface area contributed by atoms with Gasteiger partial charge in [0.05, 0.1) is 12.7 Å². The van der Waals surface area contributed by atoms with Gasteiger partial charge in [0.1, 0.15) is 11.3 Å². The summed E-state index contributed by atoms with van der Waals surface area (Å²) < 4.78 is 10.6. The van der Waals surface area contributed by atoms with Crippen LogP contribution in [-0.2, 0) is 27.2 Å². The minimum Gasteiger partial charge on any atom is -0.508 e. The number of carbonyl (C=O) groups excluding carboxylic acids is 2. The maximum absolute atomic E-state index is 12.2. The van der Waals surface area contributed by atoms with Crippen LogP contribution in [0.5, 0.6) is 5.75 Å². The van der Waals surface area contributed by atoms with E-state index < -0.39 is 18.0 Å². The first-order valence-corrected chi connectivity index (χ1v) is 8.74. The van der Waals surface area contributed by atoms with E-state index in [-0.39, 0.29) is 12.2 Å². The van der Waals surface area contributed by atoms with Crippen LogP contribution in [0.2, 0.25) is 0 Å². The molecule has 0 unspecified atom stereocenters. The zero-order valence-corrected chi connectivity index (χ0v) is 15.2. The quantitative estimate of drug-likeness (QED) is 0.647. The van der Waals surface area contributed by atoms with Crippen molar-refractivity contribution in [2.75, 3.05) is 5.32 Å². The lowest BCUT2D eigenvalue weighted by Crippen LogP contribution is -2.30. The summed E-state index contributed by atoms with van der Waals surface area (Å²) in [5.74, 6) is -0.840. The lowest BCUT2D eigenvalue weighted by molar-refractivity contribution is -0.152. The average molecular weight is 367 g/mol. The van der Waals surface area contributed by atoms with Gasteiger partial charge in [0.2, 0.25) is 0 Å². The van der Waals surface area contributed by atoms with E-state index in [4.69, 9.17) is 9.15 Å². The largest absolute Gasteiger partial charge is 0.508 e. The highest BCUT2D eigenvalue weighted by atomic mass is 16.5. The number of aromatic hydroxyl groups is 1. The fourth-order valence-corrected chi connectivity index (χ4v) is 2.72. The summed E-state index contributed by atoms with van der Waals surface area (Å²) in [5.41, 5.74) is 2.95. The number of ether oxygens (including phenoxy) is 1. The molecule has 0 bridgehead atoms. The molecule has 0 saturated heterocycles. The molecule has 1 aromatic heterocycles. The van der Waals surface area contributed by atoms with E-state index in [0.29, 0.717) is 16.8 Å². The topological polar surface area (TPSA) is 88.8 Å². The Labute approximate surface area is 156 Å². The Kier molecular flexibility index (Phi) is 5.45. The van der Waals surface area contributed by atoms with Crippen LogP contribution in [0.25, 0.3) is 11.0 Å². The maximum atomic E-state index is 12.2. The van der Waals surface area contributed by atoms with Crippen molar-refractivity contribution in [1.82, 2.24) is 0 Å². The van der Waals surface area contributed by atoms with Crippen molar-refractivity contribution < 1.29 is 23.8 Å². The molecule has 0 radical (unpaired) electrons. The summed E-state index contributed by atoms with van der Waals surface area (Å²) in [6, 6.07) is 12.2. The van der Waals surface area contributed by atoms with Crippen LogP contribution in [0.4, 0.5) is 5.69 Å². The van der Waals surface area contributed by atoms with Gasteiger partial charge in [-0.05, 0) is 43.2 Å². The molecule has 0 spiro atoms.